The highest BCUT2D eigenvalue weighted by atomic mass is 32.2. The fourth-order valence-electron chi connectivity index (χ4n) is 1.98. The summed E-state index contributed by atoms with van der Waals surface area (Å²) in [7, 11) is 0. The smallest absolute Gasteiger partial charge is 0.213 e. The summed E-state index contributed by atoms with van der Waals surface area (Å²) in [6.45, 7) is 2.56. The fraction of sp³-hybridized carbons (Fsp3) is 0.438. The predicted octanol–water partition coefficient (Wildman–Crippen LogP) is 2.82. The van der Waals surface area contributed by atoms with Crippen LogP contribution in [0, 0.1) is 0 Å². The zero-order chi connectivity index (χ0) is 16.3. The minimum absolute atomic E-state index is 0.196. The van der Waals surface area contributed by atoms with Crippen molar-refractivity contribution in [3.8, 4) is 0 Å². The molecule has 0 aromatic carbocycles. The van der Waals surface area contributed by atoms with Crippen molar-refractivity contribution in [2.24, 2.45) is 4.99 Å². The first-order valence-electron chi connectivity index (χ1n) is 7.53. The molecule has 1 saturated heterocycles. The maximum absolute atomic E-state index is 10.7. The molecule has 1 aromatic heterocycles. The maximum Gasteiger partial charge on any atom is 0.213 e. The summed E-state index contributed by atoms with van der Waals surface area (Å²) in [5.74, 6) is 1.28. The summed E-state index contributed by atoms with van der Waals surface area (Å²) in [6.07, 6.45) is 6.83. The largest absolute Gasteiger partial charge is 0.468 e. The number of hydrogen-bond acceptors (Lipinski definition) is 6. The van der Waals surface area contributed by atoms with Gasteiger partial charge in [-0.05, 0) is 31.9 Å². The van der Waals surface area contributed by atoms with Crippen LogP contribution >= 0.6 is 11.8 Å². The number of nitrogens with one attached hydrogen (secondary N) is 1. The third-order valence-electron chi connectivity index (χ3n) is 3.08. The van der Waals surface area contributed by atoms with Crippen LogP contribution in [0.3, 0.4) is 0 Å². The lowest BCUT2D eigenvalue weighted by atomic mass is 10.2. The average molecular weight is 335 g/mol. The van der Waals surface area contributed by atoms with Crippen molar-refractivity contribution in [1.82, 2.24) is 10.3 Å². The number of nitrogens with zero attached hydrogens (tertiary/aromatic N) is 2. The first-order chi connectivity index (χ1) is 11.3. The minimum Gasteiger partial charge on any atom is -0.468 e. The number of carbonyl (C=O) groups is 1. The van der Waals surface area contributed by atoms with E-state index in [0.29, 0.717) is 23.1 Å². The lowest BCUT2D eigenvalue weighted by molar-refractivity contribution is -0.138. The van der Waals surface area contributed by atoms with Gasteiger partial charge in [-0.3, -0.25) is 9.78 Å². The van der Waals surface area contributed by atoms with Crippen LogP contribution in [0.25, 0.3) is 0 Å². The number of carbonyl (C=O) groups excluding carboxylic acids is 1. The standard InChI is InChI=1S/C16H21N3O3S/c1-13(22-15-7-3-5-9-21-15)10-18-16(19-12-20)23-11-14-6-2-4-8-17-14/h2,4,6,8,10,12,15H,3,5,7,9,11H2,1H3,(H,18,19,20)/b13-10+. The summed E-state index contributed by atoms with van der Waals surface area (Å²) in [6, 6.07) is 5.72. The Labute approximate surface area is 140 Å². The van der Waals surface area contributed by atoms with Crippen LogP contribution in [0.4, 0.5) is 0 Å². The number of pyridine rings is 1. The Morgan fingerprint density at radius 3 is 3.17 bits per heavy atom. The number of aromatic nitrogens is 1. The molecule has 7 heteroatoms. The van der Waals surface area contributed by atoms with Gasteiger partial charge >= 0.3 is 0 Å². The van der Waals surface area contributed by atoms with E-state index in [1.54, 1.807) is 12.4 Å². The molecular weight excluding hydrogens is 314 g/mol. The number of amides is 1. The Morgan fingerprint density at radius 2 is 2.48 bits per heavy atom. The Morgan fingerprint density at radius 1 is 1.57 bits per heavy atom. The van der Waals surface area contributed by atoms with Crippen molar-refractivity contribution < 1.29 is 14.3 Å². The van der Waals surface area contributed by atoms with Crippen LogP contribution in [0.1, 0.15) is 31.9 Å². The van der Waals surface area contributed by atoms with E-state index in [9.17, 15) is 4.79 Å². The topological polar surface area (TPSA) is 72.8 Å². The van der Waals surface area contributed by atoms with Crippen LogP contribution in [0.15, 0.2) is 41.3 Å². The van der Waals surface area contributed by atoms with E-state index < -0.39 is 0 Å². The first-order valence-corrected chi connectivity index (χ1v) is 8.52. The second kappa shape index (κ2) is 10.0. The van der Waals surface area contributed by atoms with Crippen LogP contribution in [-0.2, 0) is 20.0 Å². The minimum atomic E-state index is -0.196. The average Bonchev–Trinajstić information content (AvgIpc) is 2.59. The molecule has 1 aromatic rings. The van der Waals surface area contributed by atoms with Crippen molar-refractivity contribution in [3.05, 3.63) is 42.0 Å². The summed E-state index contributed by atoms with van der Waals surface area (Å²) < 4.78 is 11.2. The molecule has 124 valence electrons. The molecule has 0 spiro atoms. The molecule has 1 aliphatic rings. The molecule has 0 bridgehead atoms. The van der Waals surface area contributed by atoms with Crippen LogP contribution in [-0.4, -0.2) is 29.5 Å². The van der Waals surface area contributed by atoms with Gasteiger partial charge in [0.2, 0.25) is 6.41 Å². The molecule has 2 heterocycles. The number of ether oxygens (including phenoxy) is 2. The summed E-state index contributed by atoms with van der Waals surface area (Å²) >= 11 is 1.40. The SMILES string of the molecule is C/C(=C\N=C(NC=O)SCc1ccccn1)OC1CCCCO1. The zero-order valence-corrected chi connectivity index (χ0v) is 13.9. The molecule has 6 nitrogen and oxygen atoms in total. The van der Waals surface area contributed by atoms with E-state index >= 15 is 0 Å². The first kappa shape index (κ1) is 17.5. The Kier molecular flexibility index (Phi) is 7.62. The Bertz CT molecular complexity index is 543. The number of rotatable bonds is 6. The van der Waals surface area contributed by atoms with Crippen LogP contribution < -0.4 is 5.32 Å². The van der Waals surface area contributed by atoms with Gasteiger partial charge in [0.05, 0.1) is 18.5 Å². The molecule has 2 rings (SSSR count). The second-order valence-corrected chi connectivity index (χ2v) is 5.92. The van der Waals surface area contributed by atoms with Crippen molar-refractivity contribution in [3.63, 3.8) is 0 Å². The number of amidine groups is 1. The Hall–Kier alpha value is -1.86. The van der Waals surface area contributed by atoms with Gasteiger partial charge in [-0.1, -0.05) is 17.8 Å². The van der Waals surface area contributed by atoms with Crippen molar-refractivity contribution in [1.29, 1.82) is 0 Å². The van der Waals surface area contributed by atoms with E-state index in [0.717, 1.165) is 31.6 Å². The van der Waals surface area contributed by atoms with Crippen molar-refractivity contribution in [2.75, 3.05) is 6.61 Å². The van der Waals surface area contributed by atoms with Crippen molar-refractivity contribution in [2.45, 2.75) is 38.2 Å². The quantitative estimate of drug-likeness (QED) is 0.374. The van der Waals surface area contributed by atoms with Gasteiger partial charge in [-0.2, -0.15) is 0 Å². The third-order valence-corrected chi connectivity index (χ3v) is 4.02. The van der Waals surface area contributed by atoms with E-state index in [1.165, 1.54) is 11.8 Å². The van der Waals surface area contributed by atoms with Gasteiger partial charge in [0.15, 0.2) is 11.5 Å². The molecule has 1 unspecified atom stereocenters. The lowest BCUT2D eigenvalue weighted by Crippen LogP contribution is -2.21. The molecule has 23 heavy (non-hydrogen) atoms. The van der Waals surface area contributed by atoms with Crippen LogP contribution in [0.5, 0.6) is 0 Å². The van der Waals surface area contributed by atoms with Gasteiger partial charge in [0.25, 0.3) is 0 Å². The normalized spacial score (nSPS) is 19.3. The molecule has 1 atom stereocenters. The third kappa shape index (κ3) is 6.83. The fourth-order valence-corrected chi connectivity index (χ4v) is 2.70. The van der Waals surface area contributed by atoms with Crippen LogP contribution in [0.2, 0.25) is 0 Å². The maximum atomic E-state index is 10.7. The molecule has 1 N–H and O–H groups in total. The highest BCUT2D eigenvalue weighted by Crippen LogP contribution is 2.17. The predicted molar refractivity (Wildman–Crippen MR) is 90.6 cm³/mol. The summed E-state index contributed by atoms with van der Waals surface area (Å²) in [4.78, 5) is 19.2. The van der Waals surface area contributed by atoms with E-state index in [2.05, 4.69) is 15.3 Å². The number of aliphatic imine (C=N–C) groups is 1. The van der Waals surface area contributed by atoms with Gasteiger partial charge in [-0.15, -0.1) is 0 Å². The molecule has 0 radical (unpaired) electrons. The summed E-state index contributed by atoms with van der Waals surface area (Å²) in [5.41, 5.74) is 0.922. The number of thioether (sulfide) groups is 1. The highest BCUT2D eigenvalue weighted by molar-refractivity contribution is 8.13. The van der Waals surface area contributed by atoms with E-state index in [4.69, 9.17) is 9.47 Å². The lowest BCUT2D eigenvalue weighted by Gasteiger charge is -2.23. The van der Waals surface area contributed by atoms with Crippen molar-refractivity contribution >= 4 is 23.3 Å². The van der Waals surface area contributed by atoms with E-state index in [1.807, 2.05) is 25.1 Å². The van der Waals surface area contributed by atoms with Gasteiger partial charge in [-0.25, -0.2) is 4.99 Å². The zero-order valence-electron chi connectivity index (χ0n) is 13.1. The van der Waals surface area contributed by atoms with E-state index in [-0.39, 0.29) is 6.29 Å². The monoisotopic (exact) mass is 335 g/mol. The van der Waals surface area contributed by atoms with Gasteiger partial charge in [0.1, 0.15) is 5.76 Å². The molecule has 1 fully saturated rings. The molecule has 0 aliphatic carbocycles. The molecular formula is C16H21N3O3S. The molecule has 1 amide bonds. The number of hydrogen-bond donors (Lipinski definition) is 1. The number of allylic oxidation sites excluding steroid dienone is 1. The Balaban J connectivity index is 1.88. The highest BCUT2D eigenvalue weighted by Gasteiger charge is 2.14. The molecule has 0 saturated carbocycles. The molecule has 1 aliphatic heterocycles. The second-order valence-electron chi connectivity index (χ2n) is 4.96. The van der Waals surface area contributed by atoms with Gasteiger partial charge in [0, 0.05) is 18.4 Å². The van der Waals surface area contributed by atoms with Gasteiger partial charge < -0.3 is 14.8 Å². The summed E-state index contributed by atoms with van der Waals surface area (Å²) in [5, 5.41) is 3.08.